The largest absolute Gasteiger partial charge is 0.457 e. The van der Waals surface area contributed by atoms with Crippen molar-refractivity contribution >= 4 is 17.3 Å². The van der Waals surface area contributed by atoms with Crippen molar-refractivity contribution in [1.82, 2.24) is 0 Å². The molecule has 0 aromatic heterocycles. The van der Waals surface area contributed by atoms with Gasteiger partial charge in [0.1, 0.15) is 17.5 Å². The van der Waals surface area contributed by atoms with Gasteiger partial charge in [-0.05, 0) is 61.0 Å². The number of aliphatic hydroxyl groups excluding tert-OH is 1. The summed E-state index contributed by atoms with van der Waals surface area (Å²) >= 11 is 0. The van der Waals surface area contributed by atoms with Crippen LogP contribution in [-0.4, -0.2) is 17.1 Å². The van der Waals surface area contributed by atoms with Crippen molar-refractivity contribution in [3.8, 4) is 11.5 Å². The molecule has 0 aliphatic carbocycles. The maximum atomic E-state index is 12.4. The summed E-state index contributed by atoms with van der Waals surface area (Å²) in [7, 11) is 0. The lowest BCUT2D eigenvalue weighted by Gasteiger charge is -2.16. The van der Waals surface area contributed by atoms with Gasteiger partial charge in [-0.1, -0.05) is 30.3 Å². The first-order valence-corrected chi connectivity index (χ1v) is 8.74. The summed E-state index contributed by atoms with van der Waals surface area (Å²) in [6, 6.07) is 23.7. The number of amides is 1. The molecule has 138 valence electrons. The predicted molar refractivity (Wildman–Crippen MR) is 107 cm³/mol. The Balaban J connectivity index is 1.56. The molecule has 0 radical (unpaired) electrons. The van der Waals surface area contributed by atoms with E-state index in [2.05, 4.69) is 10.6 Å². The van der Waals surface area contributed by atoms with Crippen LogP contribution >= 0.6 is 0 Å². The van der Waals surface area contributed by atoms with Crippen LogP contribution in [0.3, 0.4) is 0 Å². The van der Waals surface area contributed by atoms with E-state index >= 15 is 0 Å². The number of benzene rings is 3. The molecule has 3 aromatic carbocycles. The summed E-state index contributed by atoms with van der Waals surface area (Å²) in [5, 5.41) is 15.2. The maximum absolute atomic E-state index is 12.4. The van der Waals surface area contributed by atoms with Crippen molar-refractivity contribution in [2.24, 2.45) is 0 Å². The third-order valence-electron chi connectivity index (χ3n) is 3.99. The Morgan fingerprint density at radius 3 is 2.33 bits per heavy atom. The lowest BCUT2D eigenvalue weighted by atomic mass is 10.2. The zero-order valence-electron chi connectivity index (χ0n) is 15.1. The summed E-state index contributed by atoms with van der Waals surface area (Å²) in [5.41, 5.74) is 2.27. The van der Waals surface area contributed by atoms with Crippen LogP contribution in [-0.2, 0) is 11.4 Å². The molecule has 3 rings (SSSR count). The van der Waals surface area contributed by atoms with Gasteiger partial charge in [-0.2, -0.15) is 0 Å². The van der Waals surface area contributed by atoms with Gasteiger partial charge >= 0.3 is 0 Å². The third kappa shape index (κ3) is 5.33. The minimum Gasteiger partial charge on any atom is -0.457 e. The van der Waals surface area contributed by atoms with Crippen LogP contribution in [0.25, 0.3) is 0 Å². The summed E-state index contributed by atoms with van der Waals surface area (Å²) in [6.07, 6.45) is 0. The Kier molecular flexibility index (Phi) is 6.07. The topological polar surface area (TPSA) is 70.6 Å². The zero-order valence-corrected chi connectivity index (χ0v) is 15.1. The van der Waals surface area contributed by atoms with Crippen molar-refractivity contribution < 1.29 is 14.6 Å². The number of para-hydroxylation sites is 1. The Hall–Kier alpha value is -3.31. The molecule has 0 heterocycles. The fourth-order valence-electron chi connectivity index (χ4n) is 2.56. The highest BCUT2D eigenvalue weighted by Gasteiger charge is 2.13. The van der Waals surface area contributed by atoms with Crippen LogP contribution in [0.15, 0.2) is 78.9 Å². The minimum atomic E-state index is -0.431. The quantitative estimate of drug-likeness (QED) is 0.582. The van der Waals surface area contributed by atoms with E-state index in [0.717, 1.165) is 17.0 Å². The van der Waals surface area contributed by atoms with Crippen molar-refractivity contribution in [2.75, 3.05) is 10.6 Å². The molecule has 0 aliphatic heterocycles. The van der Waals surface area contributed by atoms with Crippen LogP contribution in [0.2, 0.25) is 0 Å². The number of nitrogens with one attached hydrogen (secondary N) is 2. The average Bonchev–Trinajstić information content (AvgIpc) is 2.70. The highest BCUT2D eigenvalue weighted by molar-refractivity contribution is 5.96. The highest BCUT2D eigenvalue weighted by Crippen LogP contribution is 2.22. The first-order valence-electron chi connectivity index (χ1n) is 8.74. The summed E-state index contributed by atoms with van der Waals surface area (Å²) in [6.45, 7) is 1.75. The monoisotopic (exact) mass is 362 g/mol. The van der Waals surface area contributed by atoms with Crippen molar-refractivity contribution in [3.63, 3.8) is 0 Å². The number of rotatable bonds is 7. The van der Waals surface area contributed by atoms with Gasteiger partial charge in [-0.15, -0.1) is 0 Å². The van der Waals surface area contributed by atoms with E-state index in [1.54, 1.807) is 19.1 Å². The van der Waals surface area contributed by atoms with Gasteiger partial charge in [0.25, 0.3) is 0 Å². The lowest BCUT2D eigenvalue weighted by Crippen LogP contribution is -2.31. The molecular weight excluding hydrogens is 340 g/mol. The van der Waals surface area contributed by atoms with Crippen molar-refractivity contribution in [3.05, 3.63) is 84.4 Å². The fraction of sp³-hybridized carbons (Fsp3) is 0.136. The Bertz CT molecular complexity index is 880. The van der Waals surface area contributed by atoms with Crippen molar-refractivity contribution in [1.29, 1.82) is 0 Å². The normalized spacial score (nSPS) is 11.5. The van der Waals surface area contributed by atoms with Crippen LogP contribution < -0.4 is 15.4 Å². The molecule has 1 amide bonds. The molecule has 3 aromatic rings. The summed E-state index contributed by atoms with van der Waals surface area (Å²) in [4.78, 5) is 12.4. The first kappa shape index (κ1) is 18.5. The molecule has 0 saturated carbocycles. The van der Waals surface area contributed by atoms with E-state index in [0.29, 0.717) is 11.4 Å². The minimum absolute atomic E-state index is 0.0342. The van der Waals surface area contributed by atoms with Gasteiger partial charge in [-0.25, -0.2) is 0 Å². The van der Waals surface area contributed by atoms with Gasteiger partial charge < -0.3 is 20.5 Å². The standard InChI is InChI=1S/C22H22N2O3/c1-16(23-19-7-5-6-17(14-19)15-25)22(26)24-18-10-12-21(13-11-18)27-20-8-3-2-4-9-20/h2-14,16,23,25H,15H2,1H3,(H,24,26). The second-order valence-electron chi connectivity index (χ2n) is 6.15. The van der Waals surface area contributed by atoms with Crippen LogP contribution in [0.5, 0.6) is 11.5 Å². The number of anilines is 2. The Labute approximate surface area is 158 Å². The molecule has 0 bridgehead atoms. The molecule has 1 unspecified atom stereocenters. The first-order chi connectivity index (χ1) is 13.1. The average molecular weight is 362 g/mol. The zero-order chi connectivity index (χ0) is 19.1. The van der Waals surface area contributed by atoms with Gasteiger partial charge in [-0.3, -0.25) is 4.79 Å². The van der Waals surface area contributed by atoms with Crippen molar-refractivity contribution in [2.45, 2.75) is 19.6 Å². The van der Waals surface area contributed by atoms with Crippen LogP contribution in [0.1, 0.15) is 12.5 Å². The highest BCUT2D eigenvalue weighted by atomic mass is 16.5. The molecule has 3 N–H and O–H groups in total. The number of aliphatic hydroxyl groups is 1. The van der Waals surface area contributed by atoms with E-state index in [-0.39, 0.29) is 12.5 Å². The maximum Gasteiger partial charge on any atom is 0.246 e. The van der Waals surface area contributed by atoms with Gasteiger partial charge in [0.15, 0.2) is 0 Å². The third-order valence-corrected chi connectivity index (χ3v) is 3.99. The van der Waals surface area contributed by atoms with E-state index in [9.17, 15) is 9.90 Å². The fourth-order valence-corrected chi connectivity index (χ4v) is 2.56. The second kappa shape index (κ2) is 8.87. The van der Waals surface area contributed by atoms with E-state index in [4.69, 9.17) is 4.74 Å². The van der Waals surface area contributed by atoms with E-state index in [1.165, 1.54) is 0 Å². The van der Waals surface area contributed by atoms with E-state index < -0.39 is 6.04 Å². The van der Waals surface area contributed by atoms with Crippen LogP contribution in [0.4, 0.5) is 11.4 Å². The SMILES string of the molecule is CC(Nc1cccc(CO)c1)C(=O)Nc1ccc(Oc2ccccc2)cc1. The number of hydrogen-bond acceptors (Lipinski definition) is 4. The Morgan fingerprint density at radius 1 is 0.926 bits per heavy atom. The van der Waals surface area contributed by atoms with Gasteiger partial charge in [0.05, 0.1) is 6.61 Å². The molecule has 0 spiro atoms. The van der Waals surface area contributed by atoms with Crippen LogP contribution in [0, 0.1) is 0 Å². The number of hydrogen-bond donors (Lipinski definition) is 3. The number of ether oxygens (including phenoxy) is 1. The van der Waals surface area contributed by atoms with E-state index in [1.807, 2.05) is 66.7 Å². The summed E-state index contributed by atoms with van der Waals surface area (Å²) < 4.78 is 5.74. The molecule has 1 atom stereocenters. The molecule has 27 heavy (non-hydrogen) atoms. The molecule has 5 heteroatoms. The number of carbonyl (C=O) groups is 1. The molecule has 0 saturated heterocycles. The predicted octanol–water partition coefficient (Wildman–Crippen LogP) is 4.41. The summed E-state index contributed by atoms with van der Waals surface area (Å²) in [5.74, 6) is 1.31. The second-order valence-corrected chi connectivity index (χ2v) is 6.15. The lowest BCUT2D eigenvalue weighted by molar-refractivity contribution is -0.116. The molecule has 0 aliphatic rings. The van der Waals surface area contributed by atoms with Gasteiger partial charge in [0, 0.05) is 11.4 Å². The molecule has 5 nitrogen and oxygen atoms in total. The smallest absolute Gasteiger partial charge is 0.246 e. The molecule has 0 fully saturated rings. The van der Waals surface area contributed by atoms with Gasteiger partial charge in [0.2, 0.25) is 5.91 Å². The number of carbonyl (C=O) groups excluding carboxylic acids is 1. The molecular formula is C22H22N2O3. The Morgan fingerprint density at radius 2 is 1.63 bits per heavy atom.